The molecule has 21 heavy (non-hydrogen) atoms. The van der Waals surface area contributed by atoms with E-state index in [1.165, 1.54) is 24.3 Å². The molecule has 0 fully saturated rings. The molecule has 8 heteroatoms. The monoisotopic (exact) mass is 344 g/mol. The third kappa shape index (κ3) is 4.17. The minimum atomic E-state index is -3.60. The molecule has 2 aromatic rings. The number of halogens is 2. The number of hydrogen-bond donors (Lipinski definition) is 1. The van der Waals surface area contributed by atoms with Crippen molar-refractivity contribution in [2.45, 2.75) is 4.90 Å². The predicted molar refractivity (Wildman–Crippen MR) is 80.2 cm³/mol. The first-order chi connectivity index (χ1) is 9.88. The van der Waals surface area contributed by atoms with Gasteiger partial charge >= 0.3 is 0 Å². The molecule has 1 heterocycles. The number of carbonyl (C=O) groups excluding carboxylic acids is 1. The molecule has 0 unspecified atom stereocenters. The van der Waals surface area contributed by atoms with Gasteiger partial charge in [-0.15, -0.1) is 0 Å². The van der Waals surface area contributed by atoms with E-state index in [1.807, 2.05) is 0 Å². The summed E-state index contributed by atoms with van der Waals surface area (Å²) in [5.74, 6) is -1.12. The van der Waals surface area contributed by atoms with Crippen LogP contribution in [-0.4, -0.2) is 25.2 Å². The number of rotatable bonds is 4. The average Bonchev–Trinajstić information content (AvgIpc) is 2.45. The fraction of sp³-hybridized carbons (Fsp3) is 0.0769. The number of amides is 1. The molecule has 0 spiro atoms. The highest BCUT2D eigenvalue weighted by Crippen LogP contribution is 2.15. The Kier molecular flexibility index (Phi) is 4.82. The summed E-state index contributed by atoms with van der Waals surface area (Å²) in [6, 6.07) is 10.5. The number of nitrogens with zero attached hydrogens (tertiary/aromatic N) is 1. The molecule has 0 aliphatic carbocycles. The van der Waals surface area contributed by atoms with Crippen molar-refractivity contribution in [1.82, 2.24) is 10.3 Å². The molecule has 5 nitrogen and oxygen atoms in total. The highest BCUT2D eigenvalue weighted by Gasteiger charge is 2.16. The summed E-state index contributed by atoms with van der Waals surface area (Å²) in [6.07, 6.45) is 0. The van der Waals surface area contributed by atoms with Crippen molar-refractivity contribution in [2.75, 3.05) is 5.88 Å². The standard InChI is InChI=1S/C13H10Cl2N2O3S/c14-11-6-9(7-12(15)17-11)13(18)16-8-21(19,20)10-4-2-1-3-5-10/h1-7H,8H2,(H,16,18). The lowest BCUT2D eigenvalue weighted by Gasteiger charge is -2.07. The van der Waals surface area contributed by atoms with Gasteiger partial charge in [0.2, 0.25) is 0 Å². The third-order valence-corrected chi connectivity index (χ3v) is 4.45. The molecule has 0 saturated heterocycles. The molecule has 110 valence electrons. The van der Waals surface area contributed by atoms with Gasteiger partial charge in [0.15, 0.2) is 9.84 Å². The molecular weight excluding hydrogens is 335 g/mol. The van der Waals surface area contributed by atoms with E-state index < -0.39 is 21.6 Å². The maximum absolute atomic E-state index is 12.0. The van der Waals surface area contributed by atoms with E-state index in [1.54, 1.807) is 18.2 Å². The van der Waals surface area contributed by atoms with E-state index in [9.17, 15) is 13.2 Å². The molecule has 0 atom stereocenters. The van der Waals surface area contributed by atoms with Gasteiger partial charge in [0.1, 0.15) is 16.2 Å². The van der Waals surface area contributed by atoms with Gasteiger partial charge in [-0.05, 0) is 24.3 Å². The lowest BCUT2D eigenvalue weighted by atomic mass is 10.2. The van der Waals surface area contributed by atoms with Gasteiger partial charge < -0.3 is 5.32 Å². The Bertz CT molecular complexity index is 744. The van der Waals surface area contributed by atoms with Crippen LogP contribution in [-0.2, 0) is 9.84 Å². The van der Waals surface area contributed by atoms with Crippen LogP contribution in [0.3, 0.4) is 0 Å². The van der Waals surface area contributed by atoms with Crippen molar-refractivity contribution < 1.29 is 13.2 Å². The molecule has 0 bridgehead atoms. The molecule has 1 amide bonds. The zero-order valence-electron chi connectivity index (χ0n) is 10.6. The van der Waals surface area contributed by atoms with Gasteiger partial charge in [-0.3, -0.25) is 4.79 Å². The van der Waals surface area contributed by atoms with Crippen molar-refractivity contribution in [1.29, 1.82) is 0 Å². The van der Waals surface area contributed by atoms with Crippen molar-refractivity contribution in [3.63, 3.8) is 0 Å². The van der Waals surface area contributed by atoms with Gasteiger partial charge in [-0.2, -0.15) is 0 Å². The molecule has 0 aliphatic rings. The topological polar surface area (TPSA) is 76.1 Å². The highest BCUT2D eigenvalue weighted by molar-refractivity contribution is 7.91. The van der Waals surface area contributed by atoms with E-state index in [2.05, 4.69) is 10.3 Å². The molecular formula is C13H10Cl2N2O3S. The minimum absolute atomic E-state index is 0.0542. The largest absolute Gasteiger partial charge is 0.338 e. The Hall–Kier alpha value is -1.63. The number of carbonyl (C=O) groups is 1. The predicted octanol–water partition coefficient (Wildman–Crippen LogP) is 2.55. The highest BCUT2D eigenvalue weighted by atomic mass is 35.5. The summed E-state index contributed by atoms with van der Waals surface area (Å²) >= 11 is 11.4. The first-order valence-corrected chi connectivity index (χ1v) is 8.18. The van der Waals surface area contributed by atoms with Gasteiger partial charge in [-0.25, -0.2) is 13.4 Å². The molecule has 0 aliphatic heterocycles. The summed E-state index contributed by atoms with van der Waals surface area (Å²) in [4.78, 5) is 15.7. The second-order valence-electron chi connectivity index (χ2n) is 4.08. The fourth-order valence-corrected chi connectivity index (χ4v) is 3.09. The Morgan fingerprint density at radius 2 is 1.67 bits per heavy atom. The lowest BCUT2D eigenvalue weighted by Crippen LogP contribution is -2.29. The number of benzene rings is 1. The van der Waals surface area contributed by atoms with E-state index in [0.29, 0.717) is 0 Å². The van der Waals surface area contributed by atoms with Crippen LogP contribution in [0.2, 0.25) is 10.3 Å². The summed E-state index contributed by atoms with van der Waals surface area (Å²) in [6.45, 7) is 0. The van der Waals surface area contributed by atoms with Gasteiger partial charge in [0, 0.05) is 5.56 Å². The van der Waals surface area contributed by atoms with Crippen LogP contribution < -0.4 is 5.32 Å². The lowest BCUT2D eigenvalue weighted by molar-refractivity contribution is 0.0959. The van der Waals surface area contributed by atoms with Crippen LogP contribution in [0.15, 0.2) is 47.4 Å². The smallest absolute Gasteiger partial charge is 0.252 e. The normalized spacial score (nSPS) is 11.1. The number of pyridine rings is 1. The van der Waals surface area contributed by atoms with Gasteiger partial charge in [-0.1, -0.05) is 41.4 Å². The van der Waals surface area contributed by atoms with Crippen molar-refractivity contribution in [3.8, 4) is 0 Å². The Morgan fingerprint density at radius 1 is 1.10 bits per heavy atom. The Labute approximate surface area is 131 Å². The van der Waals surface area contributed by atoms with Crippen LogP contribution in [0.25, 0.3) is 0 Å². The minimum Gasteiger partial charge on any atom is -0.338 e. The van der Waals surface area contributed by atoms with Gasteiger partial charge in [0.25, 0.3) is 5.91 Å². The first kappa shape index (κ1) is 15.8. The molecule has 0 radical (unpaired) electrons. The second-order valence-corrected chi connectivity index (χ2v) is 6.84. The van der Waals surface area contributed by atoms with E-state index >= 15 is 0 Å². The Balaban J connectivity index is 2.11. The summed E-state index contributed by atoms with van der Waals surface area (Å²) < 4.78 is 24.0. The first-order valence-electron chi connectivity index (χ1n) is 5.77. The molecule has 1 aromatic heterocycles. The van der Waals surface area contributed by atoms with Crippen LogP contribution in [0.5, 0.6) is 0 Å². The third-order valence-electron chi connectivity index (χ3n) is 2.55. The average molecular weight is 345 g/mol. The number of sulfone groups is 1. The van der Waals surface area contributed by atoms with Crippen LogP contribution in [0, 0.1) is 0 Å². The van der Waals surface area contributed by atoms with E-state index in [4.69, 9.17) is 23.2 Å². The molecule has 2 rings (SSSR count). The van der Waals surface area contributed by atoms with Crippen LogP contribution >= 0.6 is 23.2 Å². The number of nitrogens with one attached hydrogen (secondary N) is 1. The fourth-order valence-electron chi connectivity index (χ4n) is 1.57. The zero-order chi connectivity index (χ0) is 15.5. The number of hydrogen-bond acceptors (Lipinski definition) is 4. The maximum atomic E-state index is 12.0. The summed E-state index contributed by atoms with van der Waals surface area (Å²) in [5, 5.41) is 2.43. The van der Waals surface area contributed by atoms with Crippen LogP contribution in [0.1, 0.15) is 10.4 Å². The summed E-state index contributed by atoms with van der Waals surface area (Å²) in [5.41, 5.74) is 0.142. The zero-order valence-corrected chi connectivity index (χ0v) is 12.9. The Morgan fingerprint density at radius 3 is 2.24 bits per heavy atom. The van der Waals surface area contributed by atoms with Crippen LogP contribution in [0.4, 0.5) is 0 Å². The van der Waals surface area contributed by atoms with E-state index in [-0.39, 0.29) is 20.8 Å². The number of aromatic nitrogens is 1. The maximum Gasteiger partial charge on any atom is 0.252 e. The molecule has 1 aromatic carbocycles. The van der Waals surface area contributed by atoms with Crippen molar-refractivity contribution in [2.24, 2.45) is 0 Å². The van der Waals surface area contributed by atoms with Crippen molar-refractivity contribution in [3.05, 3.63) is 58.3 Å². The quantitative estimate of drug-likeness (QED) is 0.864. The van der Waals surface area contributed by atoms with Crippen molar-refractivity contribution >= 4 is 38.9 Å². The molecule has 1 N–H and O–H groups in total. The van der Waals surface area contributed by atoms with E-state index in [0.717, 1.165) is 0 Å². The second kappa shape index (κ2) is 6.43. The SMILES string of the molecule is O=C(NCS(=O)(=O)c1ccccc1)c1cc(Cl)nc(Cl)c1. The molecule has 0 saturated carbocycles. The summed E-state index contributed by atoms with van der Waals surface area (Å²) in [7, 11) is -3.60. The van der Waals surface area contributed by atoms with Gasteiger partial charge in [0.05, 0.1) is 4.90 Å².